The molecule has 0 unspecified atom stereocenters. The Morgan fingerprint density at radius 1 is 0.667 bits per heavy atom. The van der Waals surface area contributed by atoms with Gasteiger partial charge in [-0.1, -0.05) is 18.2 Å². The predicted octanol–water partition coefficient (Wildman–Crippen LogP) is -0.133. The van der Waals surface area contributed by atoms with E-state index in [0.29, 0.717) is 22.3 Å². The summed E-state index contributed by atoms with van der Waals surface area (Å²) in [6.45, 7) is 3.18. The largest absolute Gasteiger partial charge is 0.388 e. The molecule has 5 rings (SSSR count). The van der Waals surface area contributed by atoms with Gasteiger partial charge in [-0.2, -0.15) is 0 Å². The van der Waals surface area contributed by atoms with Crippen LogP contribution in [-0.2, 0) is 9.47 Å². The van der Waals surface area contributed by atoms with Gasteiger partial charge in [-0.3, -0.25) is 0 Å². The van der Waals surface area contributed by atoms with Crippen LogP contribution >= 0.6 is 0 Å². The van der Waals surface area contributed by atoms with Crippen LogP contribution in [-0.4, -0.2) is 96.9 Å². The highest BCUT2D eigenvalue weighted by molar-refractivity contribution is 6.03. The number of pyridine rings is 1. The van der Waals surface area contributed by atoms with Crippen molar-refractivity contribution in [2.75, 3.05) is 10.6 Å². The second-order valence-corrected chi connectivity index (χ2v) is 9.49. The number of ether oxygens (including phenoxy) is 2. The molecule has 0 saturated carbocycles. The van der Waals surface area contributed by atoms with Crippen LogP contribution in [0, 0.1) is 0 Å². The van der Waals surface area contributed by atoms with Crippen LogP contribution in [0.4, 0.5) is 11.4 Å². The molecule has 2 aromatic carbocycles. The molecule has 2 fully saturated rings. The lowest BCUT2D eigenvalue weighted by Gasteiger charge is -2.41. The molecule has 3 aromatic rings. The van der Waals surface area contributed by atoms with Gasteiger partial charge in [0.25, 0.3) is 0 Å². The van der Waals surface area contributed by atoms with E-state index >= 15 is 0 Å². The minimum absolute atomic E-state index is 0.434. The zero-order chi connectivity index (χ0) is 25.7. The molecule has 11 nitrogen and oxygen atoms in total. The number of nitrogens with zero attached hydrogens (tertiary/aromatic N) is 1. The Kier molecular flexibility index (Phi) is 6.74. The Labute approximate surface area is 206 Å². The predicted molar refractivity (Wildman–Crippen MR) is 131 cm³/mol. The summed E-state index contributed by atoms with van der Waals surface area (Å²) in [5.74, 6) is 0. The summed E-state index contributed by atoms with van der Waals surface area (Å²) in [4.78, 5) is 4.72. The molecular formula is C25H31N3O8. The summed E-state index contributed by atoms with van der Waals surface area (Å²) in [5.41, 5.74) is 2.29. The normalized spacial score (nSPS) is 37.2. The van der Waals surface area contributed by atoms with Gasteiger partial charge in [0.1, 0.15) is 36.6 Å². The van der Waals surface area contributed by atoms with Crippen LogP contribution in [0.25, 0.3) is 21.8 Å². The number of aliphatic hydroxyl groups is 6. The van der Waals surface area contributed by atoms with E-state index in [4.69, 9.17) is 14.5 Å². The minimum atomic E-state index is -1.44. The van der Waals surface area contributed by atoms with E-state index in [-0.39, 0.29) is 0 Å². The van der Waals surface area contributed by atoms with E-state index < -0.39 is 61.3 Å². The van der Waals surface area contributed by atoms with Gasteiger partial charge in [0.2, 0.25) is 0 Å². The first-order valence-electron chi connectivity index (χ1n) is 11.9. The molecular weight excluding hydrogens is 470 g/mol. The number of nitrogens with one attached hydrogen (secondary N) is 2. The number of rotatable bonds is 4. The molecule has 194 valence electrons. The molecule has 10 atom stereocenters. The van der Waals surface area contributed by atoms with E-state index in [1.165, 1.54) is 0 Å². The highest BCUT2D eigenvalue weighted by Crippen LogP contribution is 2.36. The first kappa shape index (κ1) is 25.1. The van der Waals surface area contributed by atoms with Crippen molar-refractivity contribution < 1.29 is 40.1 Å². The van der Waals surface area contributed by atoms with E-state index in [2.05, 4.69) is 10.6 Å². The van der Waals surface area contributed by atoms with E-state index in [9.17, 15) is 30.6 Å². The smallest absolute Gasteiger partial charge is 0.157 e. The maximum Gasteiger partial charge on any atom is 0.157 e. The van der Waals surface area contributed by atoms with Gasteiger partial charge in [-0.15, -0.1) is 0 Å². The van der Waals surface area contributed by atoms with Crippen molar-refractivity contribution >= 4 is 33.2 Å². The summed E-state index contributed by atoms with van der Waals surface area (Å²) in [6.07, 6.45) is -11.9. The summed E-state index contributed by atoms with van der Waals surface area (Å²) in [7, 11) is 0. The lowest BCUT2D eigenvalue weighted by Crippen LogP contribution is -2.59. The van der Waals surface area contributed by atoms with Gasteiger partial charge in [0, 0.05) is 10.8 Å². The van der Waals surface area contributed by atoms with Gasteiger partial charge in [0.15, 0.2) is 12.5 Å². The highest BCUT2D eigenvalue weighted by Gasteiger charge is 2.43. The number of aromatic nitrogens is 1. The van der Waals surface area contributed by atoms with Gasteiger partial charge < -0.3 is 50.7 Å². The van der Waals surface area contributed by atoms with Crippen molar-refractivity contribution in [1.29, 1.82) is 0 Å². The van der Waals surface area contributed by atoms with Crippen molar-refractivity contribution in [3.63, 3.8) is 0 Å². The van der Waals surface area contributed by atoms with Crippen LogP contribution in [0.1, 0.15) is 13.8 Å². The highest BCUT2D eigenvalue weighted by atomic mass is 16.6. The minimum Gasteiger partial charge on any atom is -0.388 e. The maximum atomic E-state index is 10.6. The molecule has 11 heteroatoms. The Morgan fingerprint density at radius 3 is 1.89 bits per heavy atom. The fourth-order valence-electron chi connectivity index (χ4n) is 4.76. The SMILES string of the molecule is C[C@@H]1O[C@@H](Nc2ccc3nc4ccccc4cc3c2N[C@@H]2O[C@@H](C)[C@H](O)[C@@H](O)[C@H]2O)[C@H](O)[C@H](O)[C@H]1O. The molecule has 0 spiro atoms. The molecule has 8 N–H and O–H groups in total. The third-order valence-electron chi connectivity index (χ3n) is 6.99. The third-order valence-corrected chi connectivity index (χ3v) is 6.99. The van der Waals surface area contributed by atoms with Crippen LogP contribution in [0.15, 0.2) is 42.5 Å². The van der Waals surface area contributed by atoms with Crippen molar-refractivity contribution in [2.45, 2.75) is 75.1 Å². The van der Waals surface area contributed by atoms with Crippen molar-refractivity contribution in [1.82, 2.24) is 4.98 Å². The van der Waals surface area contributed by atoms with Crippen LogP contribution in [0.5, 0.6) is 0 Å². The molecule has 0 aliphatic carbocycles. The second-order valence-electron chi connectivity index (χ2n) is 9.49. The fourth-order valence-corrected chi connectivity index (χ4v) is 4.76. The molecule has 0 amide bonds. The van der Waals surface area contributed by atoms with E-state index in [0.717, 1.165) is 10.9 Å². The van der Waals surface area contributed by atoms with Crippen molar-refractivity contribution in [3.05, 3.63) is 42.5 Å². The first-order chi connectivity index (χ1) is 17.2. The summed E-state index contributed by atoms with van der Waals surface area (Å²) in [5, 5.41) is 69.6. The molecule has 1 aromatic heterocycles. The molecule has 3 heterocycles. The lowest BCUT2D eigenvalue weighted by atomic mass is 9.98. The molecule has 36 heavy (non-hydrogen) atoms. The zero-order valence-electron chi connectivity index (χ0n) is 19.8. The second kappa shape index (κ2) is 9.69. The van der Waals surface area contributed by atoms with Crippen molar-refractivity contribution in [3.8, 4) is 0 Å². The van der Waals surface area contributed by atoms with Gasteiger partial charge in [-0.25, -0.2) is 4.98 Å². The number of para-hydroxylation sites is 1. The number of hydrogen-bond acceptors (Lipinski definition) is 11. The fraction of sp³-hybridized carbons (Fsp3) is 0.480. The standard InChI is InChI=1S/C25H31N3O8/c1-10-18(29)20(31)22(33)24(35-10)27-16-8-7-15-13(9-12-5-3-4-6-14(12)26-15)17(16)28-25-23(34)21(32)19(30)11(2)36-25/h3-11,18-25,27-34H,1-2H3/t10-,11-,18-,19-,20+,21+,22+,23+,24+,25+/m0/s1. The van der Waals surface area contributed by atoms with Gasteiger partial charge >= 0.3 is 0 Å². The quantitative estimate of drug-likeness (QED) is 0.223. The Hall–Kier alpha value is -2.61. The number of hydrogen-bond donors (Lipinski definition) is 8. The topological polar surface area (TPSA) is 177 Å². The summed E-state index contributed by atoms with van der Waals surface area (Å²) in [6, 6.07) is 13.0. The number of aliphatic hydroxyl groups excluding tert-OH is 6. The van der Waals surface area contributed by atoms with Crippen LogP contribution in [0.3, 0.4) is 0 Å². The Balaban J connectivity index is 1.57. The van der Waals surface area contributed by atoms with E-state index in [1.54, 1.807) is 26.0 Å². The summed E-state index contributed by atoms with van der Waals surface area (Å²) < 4.78 is 11.5. The lowest BCUT2D eigenvalue weighted by molar-refractivity contribution is -0.209. The average Bonchev–Trinajstić information content (AvgIpc) is 2.87. The maximum absolute atomic E-state index is 10.6. The molecule has 0 bridgehead atoms. The van der Waals surface area contributed by atoms with Crippen LogP contribution < -0.4 is 10.6 Å². The Bertz CT molecular complexity index is 1240. The molecule has 2 aliphatic heterocycles. The Morgan fingerprint density at radius 2 is 1.25 bits per heavy atom. The number of benzene rings is 2. The summed E-state index contributed by atoms with van der Waals surface area (Å²) >= 11 is 0. The average molecular weight is 502 g/mol. The van der Waals surface area contributed by atoms with Gasteiger partial charge in [0.05, 0.1) is 34.6 Å². The van der Waals surface area contributed by atoms with Crippen molar-refractivity contribution in [2.24, 2.45) is 0 Å². The monoisotopic (exact) mass is 501 g/mol. The number of anilines is 2. The number of fused-ring (bicyclic) bond motifs is 2. The molecule has 2 aliphatic rings. The van der Waals surface area contributed by atoms with Crippen LogP contribution in [0.2, 0.25) is 0 Å². The zero-order valence-corrected chi connectivity index (χ0v) is 19.8. The third kappa shape index (κ3) is 4.38. The molecule has 0 radical (unpaired) electrons. The van der Waals surface area contributed by atoms with E-state index in [1.807, 2.05) is 30.3 Å². The first-order valence-corrected chi connectivity index (χ1v) is 11.9. The molecule has 2 saturated heterocycles. The van der Waals surface area contributed by atoms with Gasteiger partial charge in [-0.05, 0) is 38.1 Å².